The molecule has 0 aromatic carbocycles. The molecule has 1 fully saturated rings. The van der Waals surface area contributed by atoms with E-state index in [-0.39, 0.29) is 0 Å². The first-order chi connectivity index (χ1) is 9.35. The zero-order chi connectivity index (χ0) is 14.8. The number of piperidine rings is 1. The second-order valence-corrected chi connectivity index (χ2v) is 8.61. The van der Waals surface area contributed by atoms with Crippen LogP contribution in [0, 0.1) is 5.41 Å². The lowest BCUT2D eigenvalue weighted by atomic mass is 9.90. The summed E-state index contributed by atoms with van der Waals surface area (Å²) < 4.78 is 0. The molecule has 0 saturated carbocycles. The first-order valence-corrected chi connectivity index (χ1v) is 8.74. The molecule has 1 saturated heterocycles. The number of thiophene rings is 1. The molecule has 0 aliphatic carbocycles. The van der Waals surface area contributed by atoms with Crippen LogP contribution < -0.4 is 5.32 Å². The molecule has 0 spiro atoms. The number of nitrogens with one attached hydrogen (secondary N) is 1. The van der Waals surface area contributed by atoms with Gasteiger partial charge in [-0.2, -0.15) is 0 Å². The second kappa shape index (κ2) is 6.59. The molecule has 3 heteroatoms. The SMILES string of the molecule is CC(C)N1CC(NCC(C)(C)C)CC(c2cccs2)C1. The zero-order valence-corrected chi connectivity index (χ0v) is 14.5. The summed E-state index contributed by atoms with van der Waals surface area (Å²) in [5.74, 6) is 0.698. The average Bonchev–Trinajstić information content (AvgIpc) is 2.89. The number of nitrogens with zero attached hydrogens (tertiary/aromatic N) is 1. The van der Waals surface area contributed by atoms with E-state index in [4.69, 9.17) is 0 Å². The van der Waals surface area contributed by atoms with Crippen molar-refractivity contribution < 1.29 is 0 Å². The molecule has 2 heterocycles. The van der Waals surface area contributed by atoms with Gasteiger partial charge in [-0.15, -0.1) is 11.3 Å². The van der Waals surface area contributed by atoms with Gasteiger partial charge in [-0.05, 0) is 37.1 Å². The summed E-state index contributed by atoms with van der Waals surface area (Å²) in [5, 5.41) is 6.01. The molecule has 20 heavy (non-hydrogen) atoms. The highest BCUT2D eigenvalue weighted by Gasteiger charge is 2.30. The Hall–Kier alpha value is -0.380. The molecule has 1 N–H and O–H groups in total. The van der Waals surface area contributed by atoms with Crippen molar-refractivity contribution in [3.63, 3.8) is 0 Å². The van der Waals surface area contributed by atoms with E-state index in [9.17, 15) is 0 Å². The van der Waals surface area contributed by atoms with E-state index in [0.717, 1.165) is 6.54 Å². The molecule has 0 radical (unpaired) electrons. The lowest BCUT2D eigenvalue weighted by molar-refractivity contribution is 0.134. The van der Waals surface area contributed by atoms with E-state index in [1.54, 1.807) is 4.88 Å². The van der Waals surface area contributed by atoms with Crippen molar-refractivity contribution in [3.8, 4) is 0 Å². The van der Waals surface area contributed by atoms with Crippen LogP contribution in [-0.4, -0.2) is 36.6 Å². The van der Waals surface area contributed by atoms with Gasteiger partial charge in [0.25, 0.3) is 0 Å². The van der Waals surface area contributed by atoms with Gasteiger partial charge >= 0.3 is 0 Å². The van der Waals surface area contributed by atoms with Gasteiger partial charge in [-0.1, -0.05) is 26.8 Å². The van der Waals surface area contributed by atoms with Crippen LogP contribution in [0.1, 0.15) is 51.8 Å². The number of hydrogen-bond acceptors (Lipinski definition) is 3. The Labute approximate surface area is 128 Å². The van der Waals surface area contributed by atoms with Gasteiger partial charge in [-0.3, -0.25) is 4.90 Å². The Balaban J connectivity index is 2.01. The van der Waals surface area contributed by atoms with Crippen molar-refractivity contribution in [1.29, 1.82) is 0 Å². The van der Waals surface area contributed by atoms with E-state index >= 15 is 0 Å². The van der Waals surface area contributed by atoms with Gasteiger partial charge in [0.2, 0.25) is 0 Å². The standard InChI is InChI=1S/C17H30N2S/c1-13(2)19-10-14(16-7-6-8-20-16)9-15(11-19)18-12-17(3,4)5/h6-8,13-15,18H,9-12H2,1-5H3. The summed E-state index contributed by atoms with van der Waals surface area (Å²) in [7, 11) is 0. The Bertz CT molecular complexity index is 392. The van der Waals surface area contributed by atoms with E-state index in [0.29, 0.717) is 23.4 Å². The third-order valence-electron chi connectivity index (χ3n) is 4.08. The lowest BCUT2D eigenvalue weighted by Gasteiger charge is -2.41. The summed E-state index contributed by atoms with van der Waals surface area (Å²) in [6, 6.07) is 5.75. The molecule has 2 atom stereocenters. The molecule has 1 aliphatic rings. The van der Waals surface area contributed by atoms with Gasteiger partial charge in [0.05, 0.1) is 0 Å². The van der Waals surface area contributed by atoms with Crippen LogP contribution in [0.4, 0.5) is 0 Å². The zero-order valence-electron chi connectivity index (χ0n) is 13.6. The van der Waals surface area contributed by atoms with Gasteiger partial charge in [0.1, 0.15) is 0 Å². The molecule has 2 nitrogen and oxygen atoms in total. The third-order valence-corrected chi connectivity index (χ3v) is 5.11. The lowest BCUT2D eigenvalue weighted by Crippen LogP contribution is -2.51. The molecule has 2 unspecified atom stereocenters. The number of hydrogen-bond donors (Lipinski definition) is 1. The van der Waals surface area contributed by atoms with Crippen LogP contribution in [0.15, 0.2) is 17.5 Å². The highest BCUT2D eigenvalue weighted by molar-refractivity contribution is 7.10. The van der Waals surface area contributed by atoms with Crippen LogP contribution in [0.3, 0.4) is 0 Å². The van der Waals surface area contributed by atoms with Crippen molar-refractivity contribution in [3.05, 3.63) is 22.4 Å². The monoisotopic (exact) mass is 294 g/mol. The quantitative estimate of drug-likeness (QED) is 0.904. The summed E-state index contributed by atoms with van der Waals surface area (Å²) in [6.07, 6.45) is 1.28. The first-order valence-electron chi connectivity index (χ1n) is 7.86. The number of rotatable bonds is 4. The normalized spacial score (nSPS) is 25.3. The van der Waals surface area contributed by atoms with Gasteiger partial charge in [0, 0.05) is 42.5 Å². The smallest absolute Gasteiger partial charge is 0.0201 e. The molecule has 0 bridgehead atoms. The maximum Gasteiger partial charge on any atom is 0.0201 e. The molecular formula is C17H30N2S. The molecule has 1 aromatic heterocycles. The van der Waals surface area contributed by atoms with Crippen molar-refractivity contribution in [1.82, 2.24) is 10.2 Å². The summed E-state index contributed by atoms with van der Waals surface area (Å²) in [4.78, 5) is 4.19. The fourth-order valence-electron chi connectivity index (χ4n) is 2.88. The van der Waals surface area contributed by atoms with Gasteiger partial charge < -0.3 is 5.32 Å². The van der Waals surface area contributed by atoms with Crippen LogP contribution >= 0.6 is 11.3 Å². The first kappa shape index (κ1) is 16.0. The Morgan fingerprint density at radius 2 is 2.10 bits per heavy atom. The van der Waals surface area contributed by atoms with E-state index in [1.807, 2.05) is 11.3 Å². The highest BCUT2D eigenvalue weighted by atomic mass is 32.1. The fraction of sp³-hybridized carbons (Fsp3) is 0.765. The summed E-state index contributed by atoms with van der Waals surface area (Å²) >= 11 is 1.91. The minimum atomic E-state index is 0.360. The van der Waals surface area contributed by atoms with Crippen molar-refractivity contribution in [2.45, 2.75) is 59.0 Å². The average molecular weight is 295 g/mol. The van der Waals surface area contributed by atoms with Crippen molar-refractivity contribution in [2.75, 3.05) is 19.6 Å². The minimum Gasteiger partial charge on any atom is -0.312 e. The molecule has 0 amide bonds. The third kappa shape index (κ3) is 4.57. The van der Waals surface area contributed by atoms with Crippen LogP contribution in [0.2, 0.25) is 0 Å². The van der Waals surface area contributed by atoms with E-state index < -0.39 is 0 Å². The highest BCUT2D eigenvalue weighted by Crippen LogP contribution is 2.31. The van der Waals surface area contributed by atoms with Gasteiger partial charge in [-0.25, -0.2) is 0 Å². The van der Waals surface area contributed by atoms with Crippen molar-refractivity contribution >= 4 is 11.3 Å². The molecular weight excluding hydrogens is 264 g/mol. The molecule has 2 rings (SSSR count). The van der Waals surface area contributed by atoms with Crippen molar-refractivity contribution in [2.24, 2.45) is 5.41 Å². The molecule has 1 aromatic rings. The number of likely N-dealkylation sites (tertiary alicyclic amines) is 1. The fourth-order valence-corrected chi connectivity index (χ4v) is 3.72. The van der Waals surface area contributed by atoms with E-state index in [2.05, 4.69) is 62.3 Å². The minimum absolute atomic E-state index is 0.360. The Morgan fingerprint density at radius 3 is 2.65 bits per heavy atom. The topological polar surface area (TPSA) is 15.3 Å². The second-order valence-electron chi connectivity index (χ2n) is 7.63. The predicted octanol–water partition coefficient (Wildman–Crippen LogP) is 3.95. The summed E-state index contributed by atoms with van der Waals surface area (Å²) in [6.45, 7) is 15.1. The molecule has 1 aliphatic heterocycles. The predicted molar refractivity (Wildman–Crippen MR) is 89.6 cm³/mol. The summed E-state index contributed by atoms with van der Waals surface area (Å²) in [5.41, 5.74) is 0.360. The van der Waals surface area contributed by atoms with Crippen LogP contribution in [0.5, 0.6) is 0 Å². The van der Waals surface area contributed by atoms with Gasteiger partial charge in [0.15, 0.2) is 0 Å². The maximum absolute atomic E-state index is 3.80. The Morgan fingerprint density at radius 1 is 1.35 bits per heavy atom. The van der Waals surface area contributed by atoms with Crippen LogP contribution in [-0.2, 0) is 0 Å². The van der Waals surface area contributed by atoms with Crippen LogP contribution in [0.25, 0.3) is 0 Å². The van der Waals surface area contributed by atoms with E-state index in [1.165, 1.54) is 19.5 Å². The Kier molecular flexibility index (Phi) is 5.27. The largest absolute Gasteiger partial charge is 0.312 e. The molecule has 114 valence electrons. The maximum atomic E-state index is 3.80.